The van der Waals surface area contributed by atoms with Crippen LogP contribution in [0.2, 0.25) is 0 Å². The summed E-state index contributed by atoms with van der Waals surface area (Å²) in [6, 6.07) is 7.92. The Morgan fingerprint density at radius 2 is 1.76 bits per heavy atom. The lowest BCUT2D eigenvalue weighted by Gasteiger charge is -2.41. The topological polar surface area (TPSA) is 34.3 Å². The van der Waals surface area contributed by atoms with E-state index in [4.69, 9.17) is 0 Å². The van der Waals surface area contributed by atoms with E-state index in [0.717, 1.165) is 27.8 Å². The first-order valence-electron chi connectivity index (χ1n) is 13.0. The SMILES string of the molecule is C[C@@H]1C[C@H](Nc2cc(F)c([C@@H]3c4[nH]c5ccccc5c4C[C@@H](C)N3CC(F)(F)F)c(F)c2)CN1CCCF. The van der Waals surface area contributed by atoms with E-state index in [1.807, 2.05) is 25.1 Å². The molecule has 3 heterocycles. The number of aromatic amines is 1. The van der Waals surface area contributed by atoms with Crippen LogP contribution in [0.1, 0.15) is 49.6 Å². The van der Waals surface area contributed by atoms with E-state index in [1.54, 1.807) is 13.0 Å². The van der Waals surface area contributed by atoms with Gasteiger partial charge in [-0.3, -0.25) is 14.2 Å². The Hall–Kier alpha value is -2.72. The number of benzene rings is 2. The molecule has 10 heteroatoms. The Balaban J connectivity index is 1.50. The van der Waals surface area contributed by atoms with Gasteiger partial charge in [-0.2, -0.15) is 13.2 Å². The van der Waals surface area contributed by atoms with Crippen LogP contribution < -0.4 is 5.32 Å². The summed E-state index contributed by atoms with van der Waals surface area (Å²) >= 11 is 0. The minimum Gasteiger partial charge on any atom is -0.381 e. The number of aromatic nitrogens is 1. The highest BCUT2D eigenvalue weighted by Crippen LogP contribution is 2.44. The molecule has 1 saturated heterocycles. The molecule has 4 nitrogen and oxygen atoms in total. The molecular formula is C28H32F6N4. The number of hydrogen-bond donors (Lipinski definition) is 2. The van der Waals surface area contributed by atoms with Crippen LogP contribution in [0, 0.1) is 11.6 Å². The molecule has 4 atom stereocenters. The van der Waals surface area contributed by atoms with Crippen molar-refractivity contribution >= 4 is 16.6 Å². The molecule has 0 bridgehead atoms. The van der Waals surface area contributed by atoms with Crippen LogP contribution in [0.25, 0.3) is 10.9 Å². The molecule has 206 valence electrons. The number of H-pyrrole nitrogens is 1. The van der Waals surface area contributed by atoms with Gasteiger partial charge in [-0.1, -0.05) is 18.2 Å². The third-order valence-corrected chi connectivity index (χ3v) is 7.89. The van der Waals surface area contributed by atoms with E-state index in [1.165, 1.54) is 12.1 Å². The maximum Gasteiger partial charge on any atom is 0.401 e. The molecule has 0 unspecified atom stereocenters. The fourth-order valence-electron chi connectivity index (χ4n) is 6.21. The van der Waals surface area contributed by atoms with Gasteiger partial charge < -0.3 is 10.3 Å². The smallest absolute Gasteiger partial charge is 0.381 e. The van der Waals surface area contributed by atoms with E-state index in [9.17, 15) is 17.6 Å². The summed E-state index contributed by atoms with van der Waals surface area (Å²) < 4.78 is 85.0. The minimum atomic E-state index is -4.54. The molecule has 5 rings (SSSR count). The second-order valence-corrected chi connectivity index (χ2v) is 10.6. The normalized spacial score (nSPS) is 24.7. The molecule has 0 radical (unpaired) electrons. The highest BCUT2D eigenvalue weighted by atomic mass is 19.4. The standard InChI is InChI=1S/C28H32F6N4/c1-16-10-19(14-37(16)9-5-8-29)35-18-12-22(30)25(23(31)13-18)27-26-21(20-6-3-4-7-24(20)36-26)11-17(2)38(27)15-28(32,33)34/h3-4,6-7,12-13,16-17,19,27,35-36H,5,8-11,14-15H2,1-2H3/t16-,17-,19+,27-/m1/s1. The lowest BCUT2D eigenvalue weighted by atomic mass is 9.88. The van der Waals surface area contributed by atoms with Crippen molar-refractivity contribution in [1.82, 2.24) is 14.8 Å². The van der Waals surface area contributed by atoms with Crippen molar-refractivity contribution < 1.29 is 26.3 Å². The molecule has 3 aromatic rings. The lowest BCUT2D eigenvalue weighted by molar-refractivity contribution is -0.155. The van der Waals surface area contributed by atoms with Gasteiger partial charge >= 0.3 is 6.18 Å². The first-order chi connectivity index (χ1) is 18.1. The molecule has 2 N–H and O–H groups in total. The van der Waals surface area contributed by atoms with E-state index >= 15 is 8.78 Å². The second kappa shape index (κ2) is 10.4. The first-order valence-corrected chi connectivity index (χ1v) is 13.0. The van der Waals surface area contributed by atoms with Crippen molar-refractivity contribution in [2.24, 2.45) is 0 Å². The second-order valence-electron chi connectivity index (χ2n) is 10.6. The van der Waals surface area contributed by atoms with Gasteiger partial charge in [-0.25, -0.2) is 8.78 Å². The van der Waals surface area contributed by atoms with E-state index in [0.29, 0.717) is 31.6 Å². The number of nitrogens with one attached hydrogen (secondary N) is 2. The van der Waals surface area contributed by atoms with E-state index < -0.39 is 48.7 Å². The third kappa shape index (κ3) is 5.25. The van der Waals surface area contributed by atoms with Gasteiger partial charge in [0.2, 0.25) is 0 Å². The Morgan fingerprint density at radius 3 is 2.45 bits per heavy atom. The number of hydrogen-bond acceptors (Lipinski definition) is 3. The van der Waals surface area contributed by atoms with Crippen LogP contribution in [0.3, 0.4) is 0 Å². The average Bonchev–Trinajstić information content (AvgIpc) is 3.37. The van der Waals surface area contributed by atoms with E-state index in [2.05, 4.69) is 15.2 Å². The summed E-state index contributed by atoms with van der Waals surface area (Å²) in [5.41, 5.74) is 1.72. The van der Waals surface area contributed by atoms with Crippen LogP contribution in [0.5, 0.6) is 0 Å². The monoisotopic (exact) mass is 538 g/mol. The molecule has 0 aliphatic carbocycles. The highest BCUT2D eigenvalue weighted by molar-refractivity contribution is 5.85. The Labute approximate surface area is 218 Å². The number of alkyl halides is 4. The van der Waals surface area contributed by atoms with Crippen LogP contribution in [0.15, 0.2) is 36.4 Å². The van der Waals surface area contributed by atoms with Gasteiger partial charge in [0.05, 0.1) is 19.3 Å². The summed E-state index contributed by atoms with van der Waals surface area (Å²) in [5.74, 6) is -1.80. The number of anilines is 1. The number of rotatable bonds is 7. The largest absolute Gasteiger partial charge is 0.401 e. The third-order valence-electron chi connectivity index (χ3n) is 7.89. The predicted molar refractivity (Wildman–Crippen MR) is 136 cm³/mol. The van der Waals surface area contributed by atoms with Crippen molar-refractivity contribution in [2.45, 2.75) is 63.5 Å². The summed E-state index contributed by atoms with van der Waals surface area (Å²) in [6.45, 7) is 3.22. The van der Waals surface area contributed by atoms with Crippen LogP contribution in [-0.4, -0.2) is 65.4 Å². The number of para-hydroxylation sites is 1. The number of halogens is 6. The van der Waals surface area contributed by atoms with Gasteiger partial charge in [0.15, 0.2) is 0 Å². The van der Waals surface area contributed by atoms with Crippen LogP contribution in [-0.2, 0) is 6.42 Å². The quantitative estimate of drug-likeness (QED) is 0.334. The average molecular weight is 539 g/mol. The number of fused-ring (bicyclic) bond motifs is 3. The zero-order chi connectivity index (χ0) is 27.2. The van der Waals surface area contributed by atoms with Gasteiger partial charge in [-0.05, 0) is 56.9 Å². The molecule has 0 saturated carbocycles. The van der Waals surface area contributed by atoms with E-state index in [-0.39, 0.29) is 17.8 Å². The minimum absolute atomic E-state index is 0.0778. The lowest BCUT2D eigenvalue weighted by Crippen LogP contribution is -2.47. The Bertz CT molecular complexity index is 1270. The first kappa shape index (κ1) is 26.9. The Kier molecular flexibility index (Phi) is 7.39. The van der Waals surface area contributed by atoms with Crippen molar-refractivity contribution in [2.75, 3.05) is 31.6 Å². The molecule has 2 aromatic carbocycles. The fraction of sp³-hybridized carbons (Fsp3) is 0.500. The van der Waals surface area contributed by atoms with Gasteiger partial charge in [0, 0.05) is 59.1 Å². The van der Waals surface area contributed by atoms with Gasteiger partial charge in [-0.15, -0.1) is 0 Å². The molecule has 38 heavy (non-hydrogen) atoms. The predicted octanol–water partition coefficient (Wildman–Crippen LogP) is 6.58. The summed E-state index contributed by atoms with van der Waals surface area (Å²) in [7, 11) is 0. The van der Waals surface area contributed by atoms with Crippen molar-refractivity contribution in [1.29, 1.82) is 0 Å². The fourth-order valence-corrected chi connectivity index (χ4v) is 6.21. The van der Waals surface area contributed by atoms with Crippen LogP contribution >= 0.6 is 0 Å². The van der Waals surface area contributed by atoms with Crippen molar-refractivity contribution in [3.8, 4) is 0 Å². The molecule has 2 aliphatic rings. The highest BCUT2D eigenvalue weighted by Gasteiger charge is 2.44. The molecule has 0 spiro atoms. The van der Waals surface area contributed by atoms with Gasteiger partial charge in [0.25, 0.3) is 0 Å². The Morgan fingerprint density at radius 1 is 1.05 bits per heavy atom. The zero-order valence-corrected chi connectivity index (χ0v) is 21.4. The van der Waals surface area contributed by atoms with Gasteiger partial charge in [0.1, 0.15) is 11.6 Å². The summed E-state index contributed by atoms with van der Waals surface area (Å²) in [5, 5.41) is 4.02. The maximum atomic E-state index is 15.7. The molecule has 0 amide bonds. The van der Waals surface area contributed by atoms with Crippen molar-refractivity contribution in [3.63, 3.8) is 0 Å². The number of nitrogens with zero attached hydrogens (tertiary/aromatic N) is 2. The van der Waals surface area contributed by atoms with Crippen LogP contribution in [0.4, 0.5) is 32.0 Å². The molecular weight excluding hydrogens is 506 g/mol. The zero-order valence-electron chi connectivity index (χ0n) is 21.4. The maximum absolute atomic E-state index is 15.7. The number of likely N-dealkylation sites (tertiary alicyclic amines) is 1. The summed E-state index contributed by atoms with van der Waals surface area (Å²) in [4.78, 5) is 6.43. The van der Waals surface area contributed by atoms with Crippen molar-refractivity contribution in [3.05, 3.63) is 64.9 Å². The molecule has 2 aliphatic heterocycles. The molecule has 1 fully saturated rings. The molecule has 1 aromatic heterocycles. The summed E-state index contributed by atoms with van der Waals surface area (Å²) in [6.07, 6.45) is -3.06.